The first kappa shape index (κ1) is 13.4. The van der Waals surface area contributed by atoms with Crippen LogP contribution in [0, 0.1) is 23.2 Å². The molecule has 0 spiro atoms. The molecule has 3 nitrogen and oxygen atoms in total. The molecular formula is C17H11NO2. The van der Waals surface area contributed by atoms with Gasteiger partial charge in [-0.05, 0) is 29.8 Å². The number of nitriles is 1. The molecule has 2 rings (SSSR count). The maximum absolute atomic E-state index is 11.5. The number of esters is 1. The smallest absolute Gasteiger partial charge is 0.385 e. The van der Waals surface area contributed by atoms with E-state index in [2.05, 4.69) is 11.8 Å². The third kappa shape index (κ3) is 4.01. The van der Waals surface area contributed by atoms with E-state index in [1.54, 1.807) is 24.3 Å². The fourth-order valence-electron chi connectivity index (χ4n) is 1.56. The molecule has 20 heavy (non-hydrogen) atoms. The molecule has 0 heterocycles. The van der Waals surface area contributed by atoms with Crippen LogP contribution >= 0.6 is 0 Å². The van der Waals surface area contributed by atoms with E-state index in [9.17, 15) is 4.79 Å². The molecule has 0 N–H and O–H groups in total. The Labute approximate surface area is 117 Å². The van der Waals surface area contributed by atoms with Crippen molar-refractivity contribution in [3.05, 3.63) is 71.3 Å². The van der Waals surface area contributed by atoms with Gasteiger partial charge in [-0.1, -0.05) is 36.3 Å². The lowest BCUT2D eigenvalue weighted by atomic mass is 10.1. The zero-order valence-corrected chi connectivity index (χ0v) is 10.7. The third-order valence-corrected chi connectivity index (χ3v) is 2.51. The summed E-state index contributed by atoms with van der Waals surface area (Å²) in [5.74, 6) is 4.56. The second-order valence-corrected chi connectivity index (χ2v) is 4.00. The topological polar surface area (TPSA) is 50.1 Å². The minimum absolute atomic E-state index is 0.109. The molecule has 96 valence electrons. The lowest BCUT2D eigenvalue weighted by molar-refractivity contribution is -0.137. The molecule has 0 aliphatic rings. The summed E-state index contributed by atoms with van der Waals surface area (Å²) < 4.78 is 5.03. The monoisotopic (exact) mass is 261 g/mol. The van der Waals surface area contributed by atoms with Crippen molar-refractivity contribution >= 4 is 5.97 Å². The Morgan fingerprint density at radius 1 is 1.05 bits per heavy atom. The highest BCUT2D eigenvalue weighted by molar-refractivity contribution is 5.89. The van der Waals surface area contributed by atoms with Gasteiger partial charge in [-0.15, -0.1) is 0 Å². The molecule has 0 aromatic heterocycles. The van der Waals surface area contributed by atoms with Gasteiger partial charge in [0.2, 0.25) is 0 Å². The second kappa shape index (κ2) is 6.78. The van der Waals surface area contributed by atoms with Crippen molar-refractivity contribution in [2.75, 3.05) is 0 Å². The van der Waals surface area contributed by atoms with Crippen molar-refractivity contribution < 1.29 is 9.53 Å². The van der Waals surface area contributed by atoms with Crippen molar-refractivity contribution in [2.45, 2.75) is 6.61 Å². The summed E-state index contributed by atoms with van der Waals surface area (Å²) in [7, 11) is 0. The van der Waals surface area contributed by atoms with Gasteiger partial charge in [0.25, 0.3) is 0 Å². The largest absolute Gasteiger partial charge is 0.451 e. The van der Waals surface area contributed by atoms with Crippen LogP contribution in [0.3, 0.4) is 0 Å². The Bertz CT molecular complexity index is 703. The molecule has 3 heteroatoms. The number of rotatable bonds is 2. The van der Waals surface area contributed by atoms with Crippen molar-refractivity contribution in [1.29, 1.82) is 5.26 Å². The van der Waals surface area contributed by atoms with Crippen LogP contribution in [0.5, 0.6) is 0 Å². The molecule has 0 aliphatic carbocycles. The summed E-state index contributed by atoms with van der Waals surface area (Å²) in [6.07, 6.45) is 0. The van der Waals surface area contributed by atoms with Gasteiger partial charge in [-0.25, -0.2) is 4.79 Å². The summed E-state index contributed by atoms with van der Waals surface area (Å²) in [5.41, 5.74) is 2.06. The van der Waals surface area contributed by atoms with Gasteiger partial charge in [-0.3, -0.25) is 0 Å². The SMILES string of the molecule is N#Cc1cccc(COC(=O)C#Cc2ccccc2)c1. The fraction of sp³-hybridized carbons (Fsp3) is 0.0588. The number of hydrogen-bond donors (Lipinski definition) is 0. The highest BCUT2D eigenvalue weighted by atomic mass is 16.5. The Morgan fingerprint density at radius 2 is 1.80 bits per heavy atom. The first-order valence-electron chi connectivity index (χ1n) is 6.01. The summed E-state index contributed by atoms with van der Waals surface area (Å²) in [4.78, 5) is 11.5. The predicted molar refractivity (Wildman–Crippen MR) is 74.3 cm³/mol. The van der Waals surface area contributed by atoms with Gasteiger partial charge in [0.15, 0.2) is 0 Å². The molecule has 0 saturated heterocycles. The Balaban J connectivity index is 1.93. The van der Waals surface area contributed by atoms with Crippen LogP contribution < -0.4 is 0 Å². The van der Waals surface area contributed by atoms with Gasteiger partial charge >= 0.3 is 5.97 Å². The Kier molecular flexibility index (Phi) is 4.54. The normalized spacial score (nSPS) is 8.95. The van der Waals surface area contributed by atoms with E-state index in [4.69, 9.17) is 10.00 Å². The zero-order valence-electron chi connectivity index (χ0n) is 10.7. The standard InChI is InChI=1S/C17H11NO2/c18-12-15-7-4-8-16(11-15)13-20-17(19)10-9-14-5-2-1-3-6-14/h1-8,11H,13H2. The third-order valence-electron chi connectivity index (χ3n) is 2.51. The molecule has 0 atom stereocenters. The summed E-state index contributed by atoms with van der Waals surface area (Å²) >= 11 is 0. The molecule has 2 aromatic rings. The minimum atomic E-state index is -0.587. The van der Waals surface area contributed by atoms with Gasteiger partial charge in [-0.2, -0.15) is 5.26 Å². The van der Waals surface area contributed by atoms with Crippen LogP contribution in [0.2, 0.25) is 0 Å². The van der Waals surface area contributed by atoms with Crippen molar-refractivity contribution in [1.82, 2.24) is 0 Å². The second-order valence-electron chi connectivity index (χ2n) is 4.00. The molecule has 2 aromatic carbocycles. The van der Waals surface area contributed by atoms with E-state index in [0.29, 0.717) is 5.56 Å². The number of hydrogen-bond acceptors (Lipinski definition) is 3. The van der Waals surface area contributed by atoms with Crippen LogP contribution in [-0.2, 0) is 16.1 Å². The predicted octanol–water partition coefficient (Wildman–Crippen LogP) is 2.65. The van der Waals surface area contributed by atoms with Gasteiger partial charge in [0, 0.05) is 11.5 Å². The number of nitrogens with zero attached hydrogens (tertiary/aromatic N) is 1. The lowest BCUT2D eigenvalue weighted by Gasteiger charge is -2.01. The molecule has 0 unspecified atom stereocenters. The molecule has 0 fully saturated rings. The van der Waals surface area contributed by atoms with E-state index in [1.165, 1.54) is 0 Å². The molecule has 0 saturated carbocycles. The van der Waals surface area contributed by atoms with Crippen LogP contribution in [0.25, 0.3) is 0 Å². The summed E-state index contributed by atoms with van der Waals surface area (Å²) in [5, 5.41) is 8.77. The fourth-order valence-corrected chi connectivity index (χ4v) is 1.56. The number of carbonyl (C=O) groups is 1. The zero-order chi connectivity index (χ0) is 14.2. The van der Waals surface area contributed by atoms with Crippen LogP contribution in [-0.4, -0.2) is 5.97 Å². The van der Waals surface area contributed by atoms with Crippen molar-refractivity contribution in [3.8, 4) is 17.9 Å². The molecule has 0 radical (unpaired) electrons. The molecule has 0 amide bonds. The van der Waals surface area contributed by atoms with Crippen LogP contribution in [0.1, 0.15) is 16.7 Å². The minimum Gasteiger partial charge on any atom is -0.451 e. The number of ether oxygens (including phenoxy) is 1. The van der Waals surface area contributed by atoms with Gasteiger partial charge in [0.05, 0.1) is 11.6 Å². The molecular weight excluding hydrogens is 250 g/mol. The Morgan fingerprint density at radius 3 is 2.55 bits per heavy atom. The average Bonchev–Trinajstić information content (AvgIpc) is 2.52. The van der Waals surface area contributed by atoms with Gasteiger partial charge < -0.3 is 4.74 Å². The van der Waals surface area contributed by atoms with Crippen molar-refractivity contribution in [2.24, 2.45) is 0 Å². The maximum atomic E-state index is 11.5. The number of benzene rings is 2. The molecule has 0 aliphatic heterocycles. The highest BCUT2D eigenvalue weighted by Gasteiger charge is 2.00. The molecule has 0 bridgehead atoms. The first-order valence-corrected chi connectivity index (χ1v) is 6.01. The van der Waals surface area contributed by atoms with Crippen molar-refractivity contribution in [3.63, 3.8) is 0 Å². The van der Waals surface area contributed by atoms with Crippen LogP contribution in [0.15, 0.2) is 54.6 Å². The Hall–Kier alpha value is -3.04. The van der Waals surface area contributed by atoms with E-state index >= 15 is 0 Å². The lowest BCUT2D eigenvalue weighted by Crippen LogP contribution is -2.01. The number of carbonyl (C=O) groups excluding carboxylic acids is 1. The average molecular weight is 261 g/mol. The summed E-state index contributed by atoms with van der Waals surface area (Å²) in [6, 6.07) is 18.2. The quantitative estimate of drug-likeness (QED) is 0.617. The maximum Gasteiger partial charge on any atom is 0.385 e. The highest BCUT2D eigenvalue weighted by Crippen LogP contribution is 2.05. The van der Waals surface area contributed by atoms with Crippen LogP contribution in [0.4, 0.5) is 0 Å². The van der Waals surface area contributed by atoms with E-state index in [-0.39, 0.29) is 6.61 Å². The van der Waals surface area contributed by atoms with E-state index in [1.807, 2.05) is 36.4 Å². The van der Waals surface area contributed by atoms with E-state index in [0.717, 1.165) is 11.1 Å². The van der Waals surface area contributed by atoms with Gasteiger partial charge in [0.1, 0.15) is 6.61 Å². The first-order chi connectivity index (χ1) is 9.78. The van der Waals surface area contributed by atoms with E-state index < -0.39 is 5.97 Å². The summed E-state index contributed by atoms with van der Waals surface area (Å²) in [6.45, 7) is 0.109.